The van der Waals surface area contributed by atoms with Crippen LogP contribution in [0.4, 0.5) is 18.9 Å². The first-order chi connectivity index (χ1) is 17.1. The van der Waals surface area contributed by atoms with Crippen molar-refractivity contribution in [2.45, 2.75) is 26.1 Å². The van der Waals surface area contributed by atoms with Gasteiger partial charge in [-0.2, -0.15) is 13.2 Å². The predicted octanol–water partition coefficient (Wildman–Crippen LogP) is 4.93. The smallest absolute Gasteiger partial charge is 0.475 e. The first kappa shape index (κ1) is 27.2. The summed E-state index contributed by atoms with van der Waals surface area (Å²) in [4.78, 5) is 26.1. The molecular formula is C27H30F3N3O3. The van der Waals surface area contributed by atoms with E-state index in [1.165, 1.54) is 16.3 Å². The summed E-state index contributed by atoms with van der Waals surface area (Å²) in [7, 11) is 0. The maximum Gasteiger partial charge on any atom is 0.490 e. The Labute approximate surface area is 208 Å². The number of aliphatic carboxylic acids is 1. The lowest BCUT2D eigenvalue weighted by atomic mass is 10.0. The summed E-state index contributed by atoms with van der Waals surface area (Å²) in [5.41, 5.74) is 3.44. The lowest BCUT2D eigenvalue weighted by molar-refractivity contribution is -0.192. The zero-order chi connectivity index (χ0) is 26.1. The van der Waals surface area contributed by atoms with Crippen molar-refractivity contribution in [3.8, 4) is 0 Å². The second-order valence-electron chi connectivity index (χ2n) is 8.73. The zero-order valence-corrected chi connectivity index (χ0v) is 20.1. The number of nitrogens with one attached hydrogen (secondary N) is 1. The molecule has 1 amide bonds. The fourth-order valence-electron chi connectivity index (χ4n) is 4.05. The van der Waals surface area contributed by atoms with Gasteiger partial charge in [-0.3, -0.25) is 9.69 Å². The molecule has 1 heterocycles. The summed E-state index contributed by atoms with van der Waals surface area (Å²) in [6.45, 7) is 7.96. The van der Waals surface area contributed by atoms with Gasteiger partial charge in [0.25, 0.3) is 0 Å². The van der Waals surface area contributed by atoms with Gasteiger partial charge >= 0.3 is 12.1 Å². The third-order valence-electron chi connectivity index (χ3n) is 5.94. The van der Waals surface area contributed by atoms with Crippen molar-refractivity contribution in [2.24, 2.45) is 0 Å². The van der Waals surface area contributed by atoms with E-state index in [9.17, 15) is 18.0 Å². The minimum Gasteiger partial charge on any atom is -0.475 e. The number of fused-ring (bicyclic) bond motifs is 1. The lowest BCUT2D eigenvalue weighted by Crippen LogP contribution is -2.46. The van der Waals surface area contributed by atoms with Crippen molar-refractivity contribution in [1.82, 2.24) is 9.80 Å². The highest BCUT2D eigenvalue weighted by Crippen LogP contribution is 2.20. The molecule has 1 aliphatic rings. The molecule has 0 spiro atoms. The van der Waals surface area contributed by atoms with Crippen molar-refractivity contribution in [2.75, 3.05) is 38.0 Å². The molecule has 0 atom stereocenters. The number of nitrogens with zero attached hydrogens (tertiary/aromatic N) is 2. The van der Waals surface area contributed by atoms with Crippen molar-refractivity contribution in [3.05, 3.63) is 77.9 Å². The number of aryl methyl sites for hydroxylation is 1. The van der Waals surface area contributed by atoms with Gasteiger partial charge in [0, 0.05) is 51.4 Å². The molecule has 36 heavy (non-hydrogen) atoms. The van der Waals surface area contributed by atoms with Gasteiger partial charge in [-0.05, 0) is 41.0 Å². The van der Waals surface area contributed by atoms with E-state index in [0.717, 1.165) is 50.5 Å². The number of carbonyl (C=O) groups is 2. The number of halogens is 3. The Morgan fingerprint density at radius 3 is 2.19 bits per heavy atom. The number of anilines is 1. The van der Waals surface area contributed by atoms with Crippen LogP contribution in [0.5, 0.6) is 0 Å². The average molecular weight is 502 g/mol. The molecule has 9 heteroatoms. The number of carbonyl (C=O) groups excluding carboxylic acids is 1. The normalized spacial score (nSPS) is 14.7. The van der Waals surface area contributed by atoms with Gasteiger partial charge in [0.15, 0.2) is 0 Å². The fraction of sp³-hybridized carbons (Fsp3) is 0.333. The standard InChI is InChI=1S/C25H29N3O.C2HF3O2/c1-20-6-4-10-23(18-20)26-25(29)12-13-27-14-16-28(17-15-27)19-22-9-5-8-21-7-2-3-11-24(21)22;3-2(4,5)1(6)7/h2-11,18H,12-17,19H2,1H3,(H,26,29);(H,6,7). The summed E-state index contributed by atoms with van der Waals surface area (Å²) >= 11 is 0. The fourth-order valence-corrected chi connectivity index (χ4v) is 4.05. The van der Waals surface area contributed by atoms with Crippen molar-refractivity contribution in [1.29, 1.82) is 0 Å². The summed E-state index contributed by atoms with van der Waals surface area (Å²) < 4.78 is 31.7. The molecule has 2 N–H and O–H groups in total. The van der Waals surface area contributed by atoms with Crippen LogP contribution in [0.25, 0.3) is 10.8 Å². The third-order valence-corrected chi connectivity index (χ3v) is 5.94. The van der Waals surface area contributed by atoms with E-state index in [0.29, 0.717) is 6.42 Å². The van der Waals surface area contributed by atoms with Crippen LogP contribution in [-0.2, 0) is 16.1 Å². The predicted molar refractivity (Wildman–Crippen MR) is 134 cm³/mol. The molecule has 192 valence electrons. The number of rotatable bonds is 6. The number of hydrogen-bond donors (Lipinski definition) is 2. The van der Waals surface area contributed by atoms with Gasteiger partial charge < -0.3 is 15.3 Å². The minimum absolute atomic E-state index is 0.0915. The summed E-state index contributed by atoms with van der Waals surface area (Å²) in [5, 5.41) is 12.8. The van der Waals surface area contributed by atoms with Crippen molar-refractivity contribution >= 4 is 28.3 Å². The SMILES string of the molecule is Cc1cccc(NC(=O)CCN2CCN(Cc3cccc4ccccc34)CC2)c1.O=C(O)C(F)(F)F. The maximum atomic E-state index is 12.2. The second-order valence-corrected chi connectivity index (χ2v) is 8.73. The quantitative estimate of drug-likeness (QED) is 0.501. The molecule has 4 rings (SSSR count). The number of alkyl halides is 3. The van der Waals surface area contributed by atoms with Crippen LogP contribution in [0.2, 0.25) is 0 Å². The summed E-state index contributed by atoms with van der Waals surface area (Å²) in [5.74, 6) is -2.67. The van der Waals surface area contributed by atoms with Gasteiger partial charge in [0.2, 0.25) is 5.91 Å². The molecule has 0 radical (unpaired) electrons. The maximum absolute atomic E-state index is 12.2. The highest BCUT2D eigenvalue weighted by atomic mass is 19.4. The number of benzene rings is 3. The van der Waals surface area contributed by atoms with Crippen LogP contribution >= 0.6 is 0 Å². The van der Waals surface area contributed by atoms with E-state index in [1.54, 1.807) is 0 Å². The number of carboxylic acid groups (broad SMARTS) is 1. The Morgan fingerprint density at radius 1 is 0.917 bits per heavy atom. The van der Waals surface area contributed by atoms with Crippen LogP contribution in [0.15, 0.2) is 66.7 Å². The van der Waals surface area contributed by atoms with Crippen LogP contribution in [0, 0.1) is 6.92 Å². The lowest BCUT2D eigenvalue weighted by Gasteiger charge is -2.34. The first-order valence-corrected chi connectivity index (χ1v) is 11.7. The Morgan fingerprint density at radius 2 is 1.53 bits per heavy atom. The Bertz CT molecular complexity index is 1170. The Hall–Kier alpha value is -3.43. The van der Waals surface area contributed by atoms with E-state index in [1.807, 2.05) is 31.2 Å². The molecule has 0 unspecified atom stereocenters. The van der Waals surface area contributed by atoms with Gasteiger partial charge in [-0.25, -0.2) is 4.79 Å². The van der Waals surface area contributed by atoms with Gasteiger partial charge in [0.1, 0.15) is 0 Å². The van der Waals surface area contributed by atoms with Crippen LogP contribution in [0.1, 0.15) is 17.5 Å². The van der Waals surface area contributed by atoms with E-state index in [-0.39, 0.29) is 5.91 Å². The molecule has 6 nitrogen and oxygen atoms in total. The molecule has 0 saturated carbocycles. The highest BCUT2D eigenvalue weighted by Gasteiger charge is 2.38. The molecule has 1 aliphatic heterocycles. The monoisotopic (exact) mass is 501 g/mol. The molecule has 0 aliphatic carbocycles. The Kier molecular flexibility index (Phi) is 9.44. The summed E-state index contributed by atoms with van der Waals surface area (Å²) in [6, 6.07) is 23.1. The van der Waals surface area contributed by atoms with E-state index in [2.05, 4.69) is 57.6 Å². The topological polar surface area (TPSA) is 72.9 Å². The second kappa shape index (κ2) is 12.5. The van der Waals surface area contributed by atoms with Crippen LogP contribution < -0.4 is 5.32 Å². The molecule has 1 fully saturated rings. The van der Waals surface area contributed by atoms with Gasteiger partial charge in [-0.15, -0.1) is 0 Å². The van der Waals surface area contributed by atoms with Crippen molar-refractivity contribution in [3.63, 3.8) is 0 Å². The zero-order valence-electron chi connectivity index (χ0n) is 20.1. The highest BCUT2D eigenvalue weighted by molar-refractivity contribution is 5.90. The number of piperazine rings is 1. The van der Waals surface area contributed by atoms with E-state index in [4.69, 9.17) is 9.90 Å². The molecule has 1 saturated heterocycles. The molecule has 0 aromatic heterocycles. The average Bonchev–Trinajstić information content (AvgIpc) is 2.84. The largest absolute Gasteiger partial charge is 0.490 e. The molecule has 0 bridgehead atoms. The third kappa shape index (κ3) is 8.35. The van der Waals surface area contributed by atoms with Crippen molar-refractivity contribution < 1.29 is 27.9 Å². The van der Waals surface area contributed by atoms with E-state index < -0.39 is 12.1 Å². The number of hydrogen-bond acceptors (Lipinski definition) is 4. The molecular weight excluding hydrogens is 471 g/mol. The first-order valence-electron chi connectivity index (χ1n) is 11.7. The number of carboxylic acids is 1. The molecule has 3 aromatic rings. The van der Waals surface area contributed by atoms with E-state index >= 15 is 0 Å². The summed E-state index contributed by atoms with van der Waals surface area (Å²) in [6.07, 6.45) is -4.54. The number of amides is 1. The van der Waals surface area contributed by atoms with Gasteiger partial charge in [0.05, 0.1) is 0 Å². The Balaban J connectivity index is 0.000000454. The van der Waals surface area contributed by atoms with Crippen LogP contribution in [-0.4, -0.2) is 65.7 Å². The molecule has 3 aromatic carbocycles. The minimum atomic E-state index is -5.08. The van der Waals surface area contributed by atoms with Crippen LogP contribution in [0.3, 0.4) is 0 Å². The van der Waals surface area contributed by atoms with Gasteiger partial charge in [-0.1, -0.05) is 54.6 Å².